The van der Waals surface area contributed by atoms with Crippen molar-refractivity contribution in [3.63, 3.8) is 0 Å². The Morgan fingerprint density at radius 1 is 1.62 bits per heavy atom. The fourth-order valence-corrected chi connectivity index (χ4v) is 2.84. The summed E-state index contributed by atoms with van der Waals surface area (Å²) in [6, 6.07) is 2.82. The van der Waals surface area contributed by atoms with Crippen molar-refractivity contribution < 1.29 is 0 Å². The van der Waals surface area contributed by atoms with Gasteiger partial charge in [-0.2, -0.15) is 0 Å². The van der Waals surface area contributed by atoms with E-state index in [1.807, 2.05) is 11.3 Å². The third-order valence-electron chi connectivity index (χ3n) is 2.83. The molecule has 2 heteroatoms. The highest BCUT2D eigenvalue weighted by Gasteiger charge is 2.26. The zero-order valence-corrected chi connectivity index (χ0v) is 9.16. The molecular weight excluding hydrogens is 178 g/mol. The molecular formula is C11H17NS. The average molecular weight is 195 g/mol. The summed E-state index contributed by atoms with van der Waals surface area (Å²) < 4.78 is 0. The van der Waals surface area contributed by atoms with Gasteiger partial charge in [0.25, 0.3) is 0 Å². The van der Waals surface area contributed by atoms with Crippen LogP contribution in [0.25, 0.3) is 0 Å². The summed E-state index contributed by atoms with van der Waals surface area (Å²) >= 11 is 1.89. The van der Waals surface area contributed by atoms with Crippen LogP contribution in [0.2, 0.25) is 0 Å². The number of hydrogen-bond acceptors (Lipinski definition) is 2. The SMILES string of the molecule is CNC(CC1CC1)c1sccc1C. The van der Waals surface area contributed by atoms with Crippen LogP contribution in [0.15, 0.2) is 11.4 Å². The zero-order valence-electron chi connectivity index (χ0n) is 8.34. The van der Waals surface area contributed by atoms with Gasteiger partial charge in [0, 0.05) is 10.9 Å². The first kappa shape index (κ1) is 9.22. The molecule has 72 valence electrons. The van der Waals surface area contributed by atoms with E-state index in [0.717, 1.165) is 5.92 Å². The van der Waals surface area contributed by atoms with Crippen LogP contribution in [0.3, 0.4) is 0 Å². The van der Waals surface area contributed by atoms with Gasteiger partial charge in [-0.15, -0.1) is 11.3 Å². The summed E-state index contributed by atoms with van der Waals surface area (Å²) in [5.74, 6) is 0.999. The molecule has 0 aromatic carbocycles. The van der Waals surface area contributed by atoms with Gasteiger partial charge in [0.2, 0.25) is 0 Å². The Hall–Kier alpha value is -0.340. The summed E-state index contributed by atoms with van der Waals surface area (Å²) in [6.45, 7) is 2.21. The lowest BCUT2D eigenvalue weighted by Crippen LogP contribution is -2.16. The van der Waals surface area contributed by atoms with E-state index in [1.54, 1.807) is 0 Å². The summed E-state index contributed by atoms with van der Waals surface area (Å²) in [6.07, 6.45) is 4.23. The molecule has 1 fully saturated rings. The zero-order chi connectivity index (χ0) is 9.26. The molecule has 13 heavy (non-hydrogen) atoms. The van der Waals surface area contributed by atoms with E-state index < -0.39 is 0 Å². The van der Waals surface area contributed by atoms with Gasteiger partial charge in [-0.05, 0) is 43.3 Å². The molecule has 1 aromatic rings. The van der Waals surface area contributed by atoms with E-state index in [4.69, 9.17) is 0 Å². The predicted octanol–water partition coefficient (Wildman–Crippen LogP) is 3.12. The molecule has 1 atom stereocenters. The molecule has 1 aliphatic rings. The lowest BCUT2D eigenvalue weighted by atomic mass is 10.1. The van der Waals surface area contributed by atoms with Crippen LogP contribution in [-0.2, 0) is 0 Å². The van der Waals surface area contributed by atoms with Crippen molar-refractivity contribution in [1.29, 1.82) is 0 Å². The summed E-state index contributed by atoms with van der Waals surface area (Å²) in [7, 11) is 2.08. The first-order valence-corrected chi connectivity index (χ1v) is 5.90. The normalized spacial score (nSPS) is 18.9. The molecule has 0 bridgehead atoms. The van der Waals surface area contributed by atoms with Gasteiger partial charge in [0.05, 0.1) is 0 Å². The van der Waals surface area contributed by atoms with E-state index >= 15 is 0 Å². The average Bonchev–Trinajstić information content (AvgIpc) is 2.85. The summed E-state index contributed by atoms with van der Waals surface area (Å²) in [5.41, 5.74) is 1.45. The van der Waals surface area contributed by atoms with E-state index in [1.165, 1.54) is 29.7 Å². The number of aryl methyl sites for hydroxylation is 1. The second kappa shape index (κ2) is 3.81. The number of hydrogen-bond donors (Lipinski definition) is 1. The molecule has 0 saturated heterocycles. The minimum Gasteiger partial charge on any atom is -0.312 e. The molecule has 1 aliphatic carbocycles. The minimum atomic E-state index is 0.604. The van der Waals surface area contributed by atoms with Crippen molar-refractivity contribution in [3.8, 4) is 0 Å². The largest absolute Gasteiger partial charge is 0.312 e. The molecule has 1 saturated carbocycles. The Balaban J connectivity index is 2.06. The van der Waals surface area contributed by atoms with Gasteiger partial charge in [-0.1, -0.05) is 12.8 Å². The van der Waals surface area contributed by atoms with E-state index in [0.29, 0.717) is 6.04 Å². The third kappa shape index (κ3) is 2.12. The number of rotatable bonds is 4. The van der Waals surface area contributed by atoms with E-state index in [2.05, 4.69) is 30.7 Å². The highest BCUT2D eigenvalue weighted by molar-refractivity contribution is 7.10. The molecule has 2 rings (SSSR count). The van der Waals surface area contributed by atoms with Crippen molar-refractivity contribution >= 4 is 11.3 Å². The maximum atomic E-state index is 3.43. The first-order valence-electron chi connectivity index (χ1n) is 5.02. The highest BCUT2D eigenvalue weighted by atomic mass is 32.1. The van der Waals surface area contributed by atoms with Crippen LogP contribution >= 0.6 is 11.3 Å². The minimum absolute atomic E-state index is 0.604. The van der Waals surface area contributed by atoms with Crippen LogP contribution in [0, 0.1) is 12.8 Å². The maximum Gasteiger partial charge on any atom is 0.0417 e. The monoisotopic (exact) mass is 195 g/mol. The van der Waals surface area contributed by atoms with Gasteiger partial charge in [0.1, 0.15) is 0 Å². The lowest BCUT2D eigenvalue weighted by molar-refractivity contribution is 0.520. The molecule has 1 aromatic heterocycles. The second-order valence-corrected chi connectivity index (χ2v) is 4.94. The molecule has 0 radical (unpaired) electrons. The van der Waals surface area contributed by atoms with Crippen molar-refractivity contribution in [2.75, 3.05) is 7.05 Å². The van der Waals surface area contributed by atoms with Crippen molar-refractivity contribution in [2.24, 2.45) is 5.92 Å². The third-order valence-corrected chi connectivity index (χ3v) is 3.97. The number of nitrogens with one attached hydrogen (secondary N) is 1. The van der Waals surface area contributed by atoms with Crippen molar-refractivity contribution in [2.45, 2.75) is 32.2 Å². The molecule has 1 N–H and O–H groups in total. The van der Waals surface area contributed by atoms with Crippen LogP contribution in [-0.4, -0.2) is 7.05 Å². The smallest absolute Gasteiger partial charge is 0.0417 e. The van der Waals surface area contributed by atoms with Gasteiger partial charge in [-0.25, -0.2) is 0 Å². The van der Waals surface area contributed by atoms with Crippen LogP contribution < -0.4 is 5.32 Å². The standard InChI is InChI=1S/C11H17NS/c1-8-5-6-13-11(8)10(12-2)7-9-3-4-9/h5-6,9-10,12H,3-4,7H2,1-2H3. The van der Waals surface area contributed by atoms with Crippen molar-refractivity contribution in [3.05, 3.63) is 21.9 Å². The number of thiophene rings is 1. The Kier molecular flexibility index (Phi) is 2.70. The molecule has 1 nitrogen and oxygen atoms in total. The lowest BCUT2D eigenvalue weighted by Gasteiger charge is -2.15. The Morgan fingerprint density at radius 2 is 2.38 bits per heavy atom. The Morgan fingerprint density at radius 3 is 2.85 bits per heavy atom. The van der Waals surface area contributed by atoms with Crippen molar-refractivity contribution in [1.82, 2.24) is 5.32 Å². The molecule has 1 heterocycles. The Bertz CT molecular complexity index is 275. The quantitative estimate of drug-likeness (QED) is 0.778. The molecule has 1 unspecified atom stereocenters. The van der Waals surface area contributed by atoms with Gasteiger partial charge in [-0.3, -0.25) is 0 Å². The molecule has 0 amide bonds. The topological polar surface area (TPSA) is 12.0 Å². The Labute approximate surface area is 84.2 Å². The summed E-state index contributed by atoms with van der Waals surface area (Å²) in [5, 5.41) is 5.62. The second-order valence-electron chi connectivity index (χ2n) is 3.99. The van der Waals surface area contributed by atoms with Crippen LogP contribution in [0.4, 0.5) is 0 Å². The van der Waals surface area contributed by atoms with Gasteiger partial charge >= 0.3 is 0 Å². The van der Waals surface area contributed by atoms with Crippen LogP contribution in [0.1, 0.15) is 35.7 Å². The highest BCUT2D eigenvalue weighted by Crippen LogP contribution is 2.39. The van der Waals surface area contributed by atoms with Gasteiger partial charge < -0.3 is 5.32 Å². The van der Waals surface area contributed by atoms with E-state index in [9.17, 15) is 0 Å². The van der Waals surface area contributed by atoms with E-state index in [-0.39, 0.29) is 0 Å². The molecule has 0 spiro atoms. The fraction of sp³-hybridized carbons (Fsp3) is 0.636. The van der Waals surface area contributed by atoms with Crippen LogP contribution in [0.5, 0.6) is 0 Å². The summed E-state index contributed by atoms with van der Waals surface area (Å²) in [4.78, 5) is 1.54. The predicted molar refractivity (Wildman–Crippen MR) is 58.2 cm³/mol. The maximum absolute atomic E-state index is 3.43. The van der Waals surface area contributed by atoms with Gasteiger partial charge in [0.15, 0.2) is 0 Å². The molecule has 0 aliphatic heterocycles. The first-order chi connectivity index (χ1) is 6.31. The fourth-order valence-electron chi connectivity index (χ4n) is 1.78.